The summed E-state index contributed by atoms with van der Waals surface area (Å²) in [5.41, 5.74) is 7.56. The minimum atomic E-state index is -0.816. The molecule has 2 aliphatic rings. The third kappa shape index (κ3) is 4.90. The molecule has 10 heteroatoms. The van der Waals surface area contributed by atoms with Gasteiger partial charge in [-0.25, -0.2) is 19.6 Å². The highest BCUT2D eigenvalue weighted by atomic mass is 16.6. The quantitative estimate of drug-likeness (QED) is 0.679. The lowest BCUT2D eigenvalue weighted by Crippen LogP contribution is -2.44. The number of carbonyl (C=O) groups excluding carboxylic acids is 3. The number of hydrogen-bond acceptors (Lipinski definition) is 6. The Labute approximate surface area is 179 Å². The number of benzene rings is 1. The fraction of sp³-hybridized carbons (Fsp3) is 0.381. The van der Waals surface area contributed by atoms with Crippen LogP contribution in [0.2, 0.25) is 0 Å². The number of fused-ring (bicyclic) bond motifs is 1. The Hall–Kier alpha value is -3.69. The number of hydrogen-bond donors (Lipinski definition) is 3. The van der Waals surface area contributed by atoms with E-state index in [1.165, 1.54) is 23.5 Å². The lowest BCUT2D eigenvalue weighted by molar-refractivity contribution is 0.0664. The van der Waals surface area contributed by atoms with Gasteiger partial charge in [-0.15, -0.1) is 0 Å². The number of aromatic nitrogens is 2. The molecule has 1 aliphatic carbocycles. The van der Waals surface area contributed by atoms with Crippen LogP contribution in [0.5, 0.6) is 0 Å². The Bertz CT molecular complexity index is 964. The molecule has 1 aliphatic heterocycles. The van der Waals surface area contributed by atoms with Gasteiger partial charge >= 0.3 is 12.1 Å². The van der Waals surface area contributed by atoms with E-state index in [9.17, 15) is 14.4 Å². The number of ether oxygens (including phenoxy) is 1. The van der Waals surface area contributed by atoms with E-state index in [0.717, 1.165) is 12.8 Å². The molecule has 1 aromatic heterocycles. The summed E-state index contributed by atoms with van der Waals surface area (Å²) in [5, 5.41) is 5.67. The zero-order valence-electron chi connectivity index (χ0n) is 16.9. The maximum Gasteiger partial charge on any atom is 0.404 e. The number of carbonyl (C=O) groups is 3. The SMILES string of the molecule is NC(=O)OC1CCN(C(=O)Nc2nccnc2C(=O)NC2Cc3ccccc3C2)CC1. The maximum absolute atomic E-state index is 12.8. The smallest absolute Gasteiger partial charge is 0.404 e. The molecule has 0 saturated carbocycles. The van der Waals surface area contributed by atoms with Crippen LogP contribution in [0.3, 0.4) is 0 Å². The van der Waals surface area contributed by atoms with Crippen molar-refractivity contribution >= 4 is 23.8 Å². The molecule has 1 saturated heterocycles. The third-order valence-corrected chi connectivity index (χ3v) is 5.54. The van der Waals surface area contributed by atoms with E-state index in [1.54, 1.807) is 4.90 Å². The highest BCUT2D eigenvalue weighted by molar-refractivity contribution is 6.00. The molecule has 162 valence electrons. The molecule has 4 amide bonds. The molecule has 2 heterocycles. The van der Waals surface area contributed by atoms with Gasteiger partial charge in [-0.3, -0.25) is 10.1 Å². The van der Waals surface area contributed by atoms with Crippen LogP contribution in [-0.2, 0) is 17.6 Å². The van der Waals surface area contributed by atoms with Crippen LogP contribution >= 0.6 is 0 Å². The number of anilines is 1. The van der Waals surface area contributed by atoms with E-state index in [1.807, 2.05) is 12.1 Å². The first-order chi connectivity index (χ1) is 15.0. The van der Waals surface area contributed by atoms with E-state index < -0.39 is 6.09 Å². The molecule has 4 rings (SSSR count). The number of nitrogens with one attached hydrogen (secondary N) is 2. The number of nitrogens with zero attached hydrogens (tertiary/aromatic N) is 3. The molecule has 2 aromatic rings. The van der Waals surface area contributed by atoms with Gasteiger partial charge in [0.1, 0.15) is 6.10 Å². The number of likely N-dealkylation sites (tertiary alicyclic amines) is 1. The topological polar surface area (TPSA) is 140 Å². The third-order valence-electron chi connectivity index (χ3n) is 5.54. The number of rotatable bonds is 4. The fourth-order valence-electron chi connectivity index (χ4n) is 4.03. The Balaban J connectivity index is 1.36. The molecular weight excluding hydrogens is 400 g/mol. The molecule has 31 heavy (non-hydrogen) atoms. The minimum absolute atomic E-state index is 0.0280. The first-order valence-corrected chi connectivity index (χ1v) is 10.2. The number of piperidine rings is 1. The number of amides is 4. The van der Waals surface area contributed by atoms with Gasteiger partial charge in [0.25, 0.3) is 5.91 Å². The van der Waals surface area contributed by atoms with Crippen LogP contribution in [-0.4, -0.2) is 58.1 Å². The van der Waals surface area contributed by atoms with Crippen molar-refractivity contribution in [1.82, 2.24) is 20.2 Å². The van der Waals surface area contributed by atoms with Gasteiger partial charge in [-0.1, -0.05) is 24.3 Å². The van der Waals surface area contributed by atoms with Crippen molar-refractivity contribution in [2.24, 2.45) is 5.73 Å². The molecule has 1 aromatic carbocycles. The van der Waals surface area contributed by atoms with Crippen LogP contribution in [0.1, 0.15) is 34.5 Å². The Morgan fingerprint density at radius 3 is 2.32 bits per heavy atom. The van der Waals surface area contributed by atoms with Gasteiger partial charge in [-0.05, 0) is 24.0 Å². The van der Waals surface area contributed by atoms with Crippen molar-refractivity contribution in [2.45, 2.75) is 37.8 Å². The van der Waals surface area contributed by atoms with Gasteiger partial charge in [0.2, 0.25) is 0 Å². The van der Waals surface area contributed by atoms with E-state index in [2.05, 4.69) is 32.7 Å². The number of urea groups is 1. The van der Waals surface area contributed by atoms with Crippen molar-refractivity contribution in [2.75, 3.05) is 18.4 Å². The summed E-state index contributed by atoms with van der Waals surface area (Å²) in [6.45, 7) is 0.789. The summed E-state index contributed by atoms with van der Waals surface area (Å²) in [5.74, 6) is -0.272. The standard InChI is InChI=1S/C21H24N6O4/c22-20(29)31-16-5-9-27(10-6-16)21(30)26-18-17(23-7-8-24-18)19(28)25-15-11-13-3-1-2-4-14(13)12-15/h1-4,7-8,15-16H,5-6,9-12H2,(H2,22,29)(H,25,28)(H,24,26,30). The van der Waals surface area contributed by atoms with Crippen molar-refractivity contribution in [1.29, 1.82) is 0 Å². The normalized spacial score (nSPS) is 16.5. The highest BCUT2D eigenvalue weighted by Crippen LogP contribution is 2.22. The first-order valence-electron chi connectivity index (χ1n) is 10.2. The summed E-state index contributed by atoms with van der Waals surface area (Å²) in [6.07, 6.45) is 4.22. The number of nitrogens with two attached hydrogens (primary N) is 1. The second-order valence-corrected chi connectivity index (χ2v) is 7.65. The Morgan fingerprint density at radius 1 is 1.03 bits per heavy atom. The average molecular weight is 424 g/mol. The Morgan fingerprint density at radius 2 is 1.68 bits per heavy atom. The Kier molecular flexibility index (Phi) is 5.96. The molecular formula is C21H24N6O4. The average Bonchev–Trinajstić information content (AvgIpc) is 3.16. The fourth-order valence-corrected chi connectivity index (χ4v) is 4.03. The van der Waals surface area contributed by atoms with Gasteiger partial charge in [-0.2, -0.15) is 0 Å². The van der Waals surface area contributed by atoms with Crippen LogP contribution in [0, 0.1) is 0 Å². The molecule has 4 N–H and O–H groups in total. The first kappa shape index (κ1) is 20.6. The van der Waals surface area contributed by atoms with Gasteiger partial charge in [0, 0.05) is 44.4 Å². The molecule has 10 nitrogen and oxygen atoms in total. The largest absolute Gasteiger partial charge is 0.446 e. The van der Waals surface area contributed by atoms with Gasteiger partial charge in [0.15, 0.2) is 11.5 Å². The van der Waals surface area contributed by atoms with Crippen molar-refractivity contribution in [3.05, 3.63) is 53.5 Å². The summed E-state index contributed by atoms with van der Waals surface area (Å²) in [7, 11) is 0. The van der Waals surface area contributed by atoms with Crippen molar-refractivity contribution in [3.8, 4) is 0 Å². The van der Waals surface area contributed by atoms with E-state index in [-0.39, 0.29) is 35.6 Å². The monoisotopic (exact) mass is 424 g/mol. The molecule has 0 bridgehead atoms. The zero-order valence-corrected chi connectivity index (χ0v) is 16.9. The lowest BCUT2D eigenvalue weighted by atomic mass is 10.1. The molecule has 0 unspecified atom stereocenters. The molecule has 0 spiro atoms. The highest BCUT2D eigenvalue weighted by Gasteiger charge is 2.28. The van der Waals surface area contributed by atoms with Crippen molar-refractivity contribution < 1.29 is 19.1 Å². The van der Waals surface area contributed by atoms with Gasteiger partial charge in [0.05, 0.1) is 0 Å². The second-order valence-electron chi connectivity index (χ2n) is 7.65. The molecule has 1 fully saturated rings. The number of primary amides is 1. The molecule has 0 radical (unpaired) electrons. The predicted molar refractivity (Wildman–Crippen MR) is 111 cm³/mol. The van der Waals surface area contributed by atoms with Crippen molar-refractivity contribution in [3.63, 3.8) is 0 Å². The lowest BCUT2D eigenvalue weighted by Gasteiger charge is -2.31. The van der Waals surface area contributed by atoms with Crippen LogP contribution in [0.25, 0.3) is 0 Å². The second kappa shape index (κ2) is 8.99. The maximum atomic E-state index is 12.8. The van der Waals surface area contributed by atoms with Crippen LogP contribution in [0.15, 0.2) is 36.7 Å². The van der Waals surface area contributed by atoms with Crippen LogP contribution < -0.4 is 16.4 Å². The summed E-state index contributed by atoms with van der Waals surface area (Å²) in [4.78, 5) is 46.2. The van der Waals surface area contributed by atoms with E-state index in [0.29, 0.717) is 25.9 Å². The zero-order chi connectivity index (χ0) is 21.8. The molecule has 0 atom stereocenters. The predicted octanol–water partition coefficient (Wildman–Crippen LogP) is 1.47. The van der Waals surface area contributed by atoms with E-state index >= 15 is 0 Å². The summed E-state index contributed by atoms with van der Waals surface area (Å²) < 4.78 is 4.98. The summed E-state index contributed by atoms with van der Waals surface area (Å²) >= 11 is 0. The summed E-state index contributed by atoms with van der Waals surface area (Å²) in [6, 6.07) is 7.69. The van der Waals surface area contributed by atoms with E-state index in [4.69, 9.17) is 10.5 Å². The van der Waals surface area contributed by atoms with Gasteiger partial charge < -0.3 is 20.7 Å². The van der Waals surface area contributed by atoms with Crippen LogP contribution in [0.4, 0.5) is 15.4 Å². The minimum Gasteiger partial charge on any atom is -0.446 e.